The molecule has 0 amide bonds. The molecule has 0 radical (unpaired) electrons. The van der Waals surface area contributed by atoms with Gasteiger partial charge in [-0.1, -0.05) is 11.6 Å². The minimum atomic E-state index is -0.378. The summed E-state index contributed by atoms with van der Waals surface area (Å²) in [6, 6.07) is 6.11. The van der Waals surface area contributed by atoms with Crippen LogP contribution < -0.4 is 4.74 Å². The van der Waals surface area contributed by atoms with Crippen molar-refractivity contribution in [1.82, 2.24) is 4.90 Å². The lowest BCUT2D eigenvalue weighted by Crippen LogP contribution is -2.49. The van der Waals surface area contributed by atoms with E-state index in [9.17, 15) is 5.11 Å². The van der Waals surface area contributed by atoms with Gasteiger partial charge in [-0.05, 0) is 38.9 Å². The molecule has 0 saturated carbocycles. The predicted molar refractivity (Wildman–Crippen MR) is 70.8 cm³/mol. The monoisotopic (exact) mass is 247 g/mol. The average Bonchev–Trinajstić information content (AvgIpc) is 2.35. The van der Waals surface area contributed by atoms with Crippen molar-refractivity contribution in [3.63, 3.8) is 0 Å². The molecule has 1 spiro atoms. The summed E-state index contributed by atoms with van der Waals surface area (Å²) in [4.78, 5) is 2.33. The Hall–Kier alpha value is -1.06. The first kappa shape index (κ1) is 12.0. The largest absolute Gasteiger partial charge is 0.487 e. The minimum Gasteiger partial charge on any atom is -0.487 e. The number of ether oxygens (including phenoxy) is 1. The predicted octanol–water partition coefficient (Wildman–Crippen LogP) is 2.28. The van der Waals surface area contributed by atoms with E-state index in [2.05, 4.69) is 18.0 Å². The SMILES string of the molecule is Cc1ccc2c(c1)C(O)CC1(CCN(C)CC1)O2. The van der Waals surface area contributed by atoms with E-state index in [0.29, 0.717) is 0 Å². The van der Waals surface area contributed by atoms with Crippen molar-refractivity contribution in [2.75, 3.05) is 20.1 Å². The summed E-state index contributed by atoms with van der Waals surface area (Å²) >= 11 is 0. The Morgan fingerprint density at radius 3 is 2.78 bits per heavy atom. The summed E-state index contributed by atoms with van der Waals surface area (Å²) in [5.74, 6) is 0.879. The zero-order valence-corrected chi connectivity index (χ0v) is 11.1. The summed E-state index contributed by atoms with van der Waals surface area (Å²) in [5, 5.41) is 10.4. The number of nitrogens with zero attached hydrogens (tertiary/aromatic N) is 1. The first-order chi connectivity index (χ1) is 8.58. The second kappa shape index (κ2) is 4.25. The highest BCUT2D eigenvalue weighted by Crippen LogP contribution is 2.44. The molecule has 0 aliphatic carbocycles. The number of likely N-dealkylation sites (tertiary alicyclic amines) is 1. The molecule has 0 aromatic heterocycles. The van der Waals surface area contributed by atoms with E-state index in [1.165, 1.54) is 5.56 Å². The third-order valence-electron chi connectivity index (χ3n) is 4.31. The van der Waals surface area contributed by atoms with Gasteiger partial charge in [-0.15, -0.1) is 0 Å². The molecule has 3 nitrogen and oxygen atoms in total. The van der Waals surface area contributed by atoms with Crippen LogP contribution in [0.25, 0.3) is 0 Å². The highest BCUT2D eigenvalue weighted by Gasteiger charge is 2.42. The van der Waals surface area contributed by atoms with Gasteiger partial charge < -0.3 is 14.7 Å². The zero-order valence-electron chi connectivity index (χ0n) is 11.1. The Kier molecular flexibility index (Phi) is 2.83. The van der Waals surface area contributed by atoms with E-state index in [1.807, 2.05) is 19.1 Å². The van der Waals surface area contributed by atoms with E-state index in [1.54, 1.807) is 0 Å². The van der Waals surface area contributed by atoms with Crippen molar-refractivity contribution in [2.45, 2.75) is 37.9 Å². The molecule has 98 valence electrons. The Morgan fingerprint density at radius 1 is 1.33 bits per heavy atom. The number of aliphatic hydroxyl groups is 1. The number of fused-ring (bicyclic) bond motifs is 1. The maximum atomic E-state index is 10.4. The van der Waals surface area contributed by atoms with Gasteiger partial charge in [0.15, 0.2) is 0 Å². The van der Waals surface area contributed by atoms with Gasteiger partial charge in [-0.25, -0.2) is 0 Å². The second-order valence-corrected chi connectivity index (χ2v) is 5.85. The summed E-state index contributed by atoms with van der Waals surface area (Å²) in [7, 11) is 2.14. The number of aliphatic hydroxyl groups excluding tert-OH is 1. The number of aryl methyl sites for hydroxylation is 1. The lowest BCUT2D eigenvalue weighted by molar-refractivity contribution is -0.0503. The number of piperidine rings is 1. The van der Waals surface area contributed by atoms with Crippen LogP contribution in [0.5, 0.6) is 5.75 Å². The van der Waals surface area contributed by atoms with E-state index in [0.717, 1.165) is 43.7 Å². The van der Waals surface area contributed by atoms with Gasteiger partial charge in [0, 0.05) is 25.1 Å². The van der Waals surface area contributed by atoms with Crippen LogP contribution in [0.1, 0.15) is 36.5 Å². The summed E-state index contributed by atoms with van der Waals surface area (Å²) in [6.45, 7) is 4.15. The third-order valence-corrected chi connectivity index (χ3v) is 4.31. The number of benzene rings is 1. The van der Waals surface area contributed by atoms with Crippen LogP contribution >= 0.6 is 0 Å². The van der Waals surface area contributed by atoms with E-state index < -0.39 is 0 Å². The van der Waals surface area contributed by atoms with Crippen LogP contribution in [-0.4, -0.2) is 35.7 Å². The second-order valence-electron chi connectivity index (χ2n) is 5.85. The first-order valence-electron chi connectivity index (χ1n) is 6.74. The van der Waals surface area contributed by atoms with Crippen LogP contribution in [-0.2, 0) is 0 Å². The molecule has 1 aromatic carbocycles. The molecule has 1 fully saturated rings. The Bertz CT molecular complexity index is 450. The first-order valence-corrected chi connectivity index (χ1v) is 6.74. The fraction of sp³-hybridized carbons (Fsp3) is 0.600. The Balaban J connectivity index is 1.89. The highest BCUT2D eigenvalue weighted by atomic mass is 16.5. The van der Waals surface area contributed by atoms with Crippen LogP contribution in [0.15, 0.2) is 18.2 Å². The molecule has 1 saturated heterocycles. The normalized spacial score (nSPS) is 26.7. The molecule has 1 aromatic rings. The minimum absolute atomic E-state index is 0.145. The van der Waals surface area contributed by atoms with Crippen LogP contribution in [0.2, 0.25) is 0 Å². The lowest BCUT2D eigenvalue weighted by Gasteiger charge is -2.45. The maximum Gasteiger partial charge on any atom is 0.125 e. The Morgan fingerprint density at radius 2 is 2.06 bits per heavy atom. The zero-order chi connectivity index (χ0) is 12.8. The molecule has 3 heteroatoms. The molecular weight excluding hydrogens is 226 g/mol. The molecule has 2 aliphatic rings. The van der Waals surface area contributed by atoms with Gasteiger partial charge in [0.2, 0.25) is 0 Å². The molecule has 1 atom stereocenters. The molecule has 3 rings (SSSR count). The molecule has 0 bridgehead atoms. The summed E-state index contributed by atoms with van der Waals surface area (Å²) in [6.07, 6.45) is 2.37. The highest BCUT2D eigenvalue weighted by molar-refractivity contribution is 5.41. The van der Waals surface area contributed by atoms with E-state index >= 15 is 0 Å². The van der Waals surface area contributed by atoms with Crippen molar-refractivity contribution >= 4 is 0 Å². The Labute approximate surface area is 108 Å². The van der Waals surface area contributed by atoms with Gasteiger partial charge in [-0.2, -0.15) is 0 Å². The van der Waals surface area contributed by atoms with Gasteiger partial charge in [0.25, 0.3) is 0 Å². The van der Waals surface area contributed by atoms with Gasteiger partial charge in [0.05, 0.1) is 6.10 Å². The van der Waals surface area contributed by atoms with Crippen LogP contribution in [0.3, 0.4) is 0 Å². The number of rotatable bonds is 0. The fourth-order valence-corrected chi connectivity index (χ4v) is 3.09. The average molecular weight is 247 g/mol. The van der Waals surface area contributed by atoms with Crippen molar-refractivity contribution in [3.8, 4) is 5.75 Å². The van der Waals surface area contributed by atoms with E-state index in [4.69, 9.17) is 4.74 Å². The fourth-order valence-electron chi connectivity index (χ4n) is 3.09. The molecule has 18 heavy (non-hydrogen) atoms. The van der Waals surface area contributed by atoms with Crippen LogP contribution in [0, 0.1) is 6.92 Å². The quantitative estimate of drug-likeness (QED) is 0.763. The molecular formula is C15H21NO2. The van der Waals surface area contributed by atoms with Gasteiger partial charge in [0.1, 0.15) is 11.4 Å². The molecule has 2 heterocycles. The van der Waals surface area contributed by atoms with Crippen molar-refractivity contribution in [2.24, 2.45) is 0 Å². The smallest absolute Gasteiger partial charge is 0.125 e. The topological polar surface area (TPSA) is 32.7 Å². The number of hydrogen-bond donors (Lipinski definition) is 1. The lowest BCUT2D eigenvalue weighted by atomic mass is 9.81. The third kappa shape index (κ3) is 2.02. The van der Waals surface area contributed by atoms with Gasteiger partial charge in [-0.3, -0.25) is 0 Å². The maximum absolute atomic E-state index is 10.4. The standard InChI is InChI=1S/C15H21NO2/c1-11-3-4-14-12(9-11)13(17)10-15(18-14)5-7-16(2)8-6-15/h3-4,9,13,17H,5-8,10H2,1-2H3. The van der Waals surface area contributed by atoms with Crippen LogP contribution in [0.4, 0.5) is 0 Å². The molecule has 1 unspecified atom stereocenters. The number of hydrogen-bond acceptors (Lipinski definition) is 3. The van der Waals surface area contributed by atoms with Crippen molar-refractivity contribution in [1.29, 1.82) is 0 Å². The van der Waals surface area contributed by atoms with E-state index in [-0.39, 0.29) is 11.7 Å². The van der Waals surface area contributed by atoms with Crippen molar-refractivity contribution in [3.05, 3.63) is 29.3 Å². The summed E-state index contributed by atoms with van der Waals surface area (Å²) in [5.41, 5.74) is 1.99. The molecule has 2 aliphatic heterocycles. The summed E-state index contributed by atoms with van der Waals surface area (Å²) < 4.78 is 6.25. The van der Waals surface area contributed by atoms with Crippen molar-refractivity contribution < 1.29 is 9.84 Å². The van der Waals surface area contributed by atoms with Gasteiger partial charge >= 0.3 is 0 Å². The molecule has 1 N–H and O–H groups in total.